The van der Waals surface area contributed by atoms with E-state index < -0.39 is 5.91 Å². The van der Waals surface area contributed by atoms with E-state index in [1.807, 2.05) is 64.1 Å². The molecule has 0 aromatic heterocycles. The van der Waals surface area contributed by atoms with Crippen molar-refractivity contribution >= 4 is 28.8 Å². The second-order valence-electron chi connectivity index (χ2n) is 8.05. The first-order valence-corrected chi connectivity index (χ1v) is 11.4. The molecule has 0 bridgehead atoms. The summed E-state index contributed by atoms with van der Waals surface area (Å²) >= 11 is 0. The van der Waals surface area contributed by atoms with Gasteiger partial charge in [0.15, 0.2) is 11.5 Å². The molecule has 4 rings (SSSR count). The maximum Gasteiger partial charge on any atom is 0.282 e. The minimum Gasteiger partial charge on any atom is -0.490 e. The standard InChI is InChI=1S/C28H28N2O4/c1-5-33-23-16-13-21(17-24(23)34-6-2)29-26-25(20-11-7-18(3)8-12-20)27(31)30(28(26)32)22-14-9-19(4)10-15-22/h7-17,29H,5-6H2,1-4H3. The summed E-state index contributed by atoms with van der Waals surface area (Å²) in [5, 5.41) is 3.20. The van der Waals surface area contributed by atoms with Gasteiger partial charge < -0.3 is 14.8 Å². The smallest absolute Gasteiger partial charge is 0.282 e. The molecule has 1 aliphatic rings. The molecule has 0 saturated heterocycles. The average molecular weight is 457 g/mol. The van der Waals surface area contributed by atoms with E-state index in [4.69, 9.17) is 9.47 Å². The molecular formula is C28H28N2O4. The molecule has 34 heavy (non-hydrogen) atoms. The summed E-state index contributed by atoms with van der Waals surface area (Å²) in [5.74, 6) is 0.421. The van der Waals surface area contributed by atoms with Crippen LogP contribution in [-0.2, 0) is 9.59 Å². The van der Waals surface area contributed by atoms with E-state index in [1.165, 1.54) is 4.90 Å². The van der Waals surface area contributed by atoms with Crippen molar-refractivity contribution in [3.8, 4) is 11.5 Å². The van der Waals surface area contributed by atoms with Crippen LogP contribution in [0.25, 0.3) is 5.57 Å². The molecule has 3 aromatic carbocycles. The highest BCUT2D eigenvalue weighted by atomic mass is 16.5. The molecule has 0 radical (unpaired) electrons. The number of nitrogens with one attached hydrogen (secondary N) is 1. The highest BCUT2D eigenvalue weighted by molar-refractivity contribution is 6.46. The van der Waals surface area contributed by atoms with Gasteiger partial charge in [0, 0.05) is 11.8 Å². The van der Waals surface area contributed by atoms with Gasteiger partial charge in [-0.15, -0.1) is 0 Å². The fourth-order valence-corrected chi connectivity index (χ4v) is 3.84. The summed E-state index contributed by atoms with van der Waals surface area (Å²) in [6, 6.07) is 20.3. The van der Waals surface area contributed by atoms with Crippen LogP contribution in [0.3, 0.4) is 0 Å². The van der Waals surface area contributed by atoms with E-state index in [9.17, 15) is 9.59 Å². The van der Waals surface area contributed by atoms with Crippen molar-refractivity contribution < 1.29 is 19.1 Å². The Labute approximate surface area is 199 Å². The third-order valence-corrected chi connectivity index (χ3v) is 5.53. The Balaban J connectivity index is 1.78. The van der Waals surface area contributed by atoms with Gasteiger partial charge in [-0.3, -0.25) is 9.59 Å². The number of ether oxygens (including phenoxy) is 2. The Bertz CT molecular complexity index is 1240. The van der Waals surface area contributed by atoms with Gasteiger partial charge in [0.2, 0.25) is 0 Å². The molecule has 1 aliphatic heterocycles. The number of carbonyl (C=O) groups excluding carboxylic acids is 2. The number of aryl methyl sites for hydroxylation is 2. The summed E-state index contributed by atoms with van der Waals surface area (Å²) in [4.78, 5) is 28.3. The van der Waals surface area contributed by atoms with Crippen LogP contribution in [0.4, 0.5) is 11.4 Å². The van der Waals surface area contributed by atoms with Gasteiger partial charge in [0.25, 0.3) is 11.8 Å². The Morgan fingerprint density at radius 2 is 1.32 bits per heavy atom. The highest BCUT2D eigenvalue weighted by Gasteiger charge is 2.40. The normalized spacial score (nSPS) is 13.5. The predicted molar refractivity (Wildman–Crippen MR) is 134 cm³/mol. The van der Waals surface area contributed by atoms with E-state index >= 15 is 0 Å². The van der Waals surface area contributed by atoms with Crippen molar-refractivity contribution in [1.29, 1.82) is 0 Å². The second-order valence-corrected chi connectivity index (χ2v) is 8.05. The largest absolute Gasteiger partial charge is 0.490 e. The molecule has 0 spiro atoms. The molecule has 6 heteroatoms. The molecular weight excluding hydrogens is 428 g/mol. The van der Waals surface area contributed by atoms with E-state index in [0.717, 1.165) is 11.1 Å². The number of benzene rings is 3. The lowest BCUT2D eigenvalue weighted by Gasteiger charge is -2.16. The Morgan fingerprint density at radius 3 is 1.94 bits per heavy atom. The van der Waals surface area contributed by atoms with Gasteiger partial charge >= 0.3 is 0 Å². The molecule has 2 amide bonds. The van der Waals surface area contributed by atoms with Gasteiger partial charge in [-0.1, -0.05) is 47.5 Å². The summed E-state index contributed by atoms with van der Waals surface area (Å²) in [7, 11) is 0. The summed E-state index contributed by atoms with van der Waals surface area (Å²) in [5.41, 5.74) is 4.50. The molecule has 0 atom stereocenters. The number of hydrogen-bond acceptors (Lipinski definition) is 5. The van der Waals surface area contributed by atoms with Crippen molar-refractivity contribution in [3.05, 3.63) is 89.1 Å². The van der Waals surface area contributed by atoms with E-state index in [0.29, 0.717) is 47.2 Å². The van der Waals surface area contributed by atoms with Gasteiger partial charge in [-0.2, -0.15) is 0 Å². The topological polar surface area (TPSA) is 67.9 Å². The van der Waals surface area contributed by atoms with Crippen molar-refractivity contribution in [2.45, 2.75) is 27.7 Å². The first kappa shape index (κ1) is 23.1. The minimum absolute atomic E-state index is 0.223. The summed E-state index contributed by atoms with van der Waals surface area (Å²) in [6.07, 6.45) is 0. The van der Waals surface area contributed by atoms with Crippen LogP contribution in [0.5, 0.6) is 11.5 Å². The fraction of sp³-hybridized carbons (Fsp3) is 0.214. The third-order valence-electron chi connectivity index (χ3n) is 5.53. The van der Waals surface area contributed by atoms with Gasteiger partial charge in [0.1, 0.15) is 5.70 Å². The van der Waals surface area contributed by atoms with Gasteiger partial charge in [-0.25, -0.2) is 4.90 Å². The van der Waals surface area contributed by atoms with Crippen LogP contribution in [0.1, 0.15) is 30.5 Å². The highest BCUT2D eigenvalue weighted by Crippen LogP contribution is 2.36. The zero-order valence-electron chi connectivity index (χ0n) is 19.8. The third kappa shape index (κ3) is 4.53. The Morgan fingerprint density at radius 1 is 0.735 bits per heavy atom. The van der Waals surface area contributed by atoms with E-state index in [2.05, 4.69) is 5.32 Å². The molecule has 3 aromatic rings. The first-order valence-electron chi connectivity index (χ1n) is 11.4. The van der Waals surface area contributed by atoms with Crippen LogP contribution in [0.2, 0.25) is 0 Å². The number of rotatable bonds is 8. The van der Waals surface area contributed by atoms with Crippen LogP contribution >= 0.6 is 0 Å². The lowest BCUT2D eigenvalue weighted by molar-refractivity contribution is -0.120. The van der Waals surface area contributed by atoms with Gasteiger partial charge in [-0.05, 0) is 57.5 Å². The zero-order valence-corrected chi connectivity index (χ0v) is 19.8. The summed E-state index contributed by atoms with van der Waals surface area (Å²) < 4.78 is 11.4. The quantitative estimate of drug-likeness (QED) is 0.454. The van der Waals surface area contributed by atoms with Crippen LogP contribution in [-0.4, -0.2) is 25.0 Å². The van der Waals surface area contributed by atoms with E-state index in [1.54, 1.807) is 30.3 Å². The second kappa shape index (κ2) is 9.83. The fourth-order valence-electron chi connectivity index (χ4n) is 3.84. The molecule has 0 unspecified atom stereocenters. The zero-order chi connectivity index (χ0) is 24.2. The van der Waals surface area contributed by atoms with Crippen LogP contribution in [0.15, 0.2) is 72.4 Å². The monoisotopic (exact) mass is 456 g/mol. The maximum absolute atomic E-state index is 13.6. The molecule has 1 heterocycles. The number of nitrogens with zero attached hydrogens (tertiary/aromatic N) is 1. The lowest BCUT2D eigenvalue weighted by Crippen LogP contribution is -2.32. The molecule has 0 saturated carbocycles. The molecule has 174 valence electrons. The number of carbonyl (C=O) groups is 2. The average Bonchev–Trinajstić information content (AvgIpc) is 3.06. The van der Waals surface area contributed by atoms with Crippen LogP contribution < -0.4 is 19.7 Å². The van der Waals surface area contributed by atoms with Crippen molar-refractivity contribution in [3.63, 3.8) is 0 Å². The minimum atomic E-state index is -0.406. The molecule has 6 nitrogen and oxygen atoms in total. The number of amides is 2. The van der Waals surface area contributed by atoms with Crippen molar-refractivity contribution in [2.75, 3.05) is 23.4 Å². The first-order chi connectivity index (χ1) is 16.4. The molecule has 0 fully saturated rings. The lowest BCUT2D eigenvalue weighted by atomic mass is 10.0. The molecule has 1 N–H and O–H groups in total. The van der Waals surface area contributed by atoms with Crippen molar-refractivity contribution in [1.82, 2.24) is 0 Å². The Hall–Kier alpha value is -4.06. The SMILES string of the molecule is CCOc1ccc(NC2=C(c3ccc(C)cc3)C(=O)N(c3ccc(C)cc3)C2=O)cc1OCC. The number of hydrogen-bond donors (Lipinski definition) is 1. The molecule has 0 aliphatic carbocycles. The van der Waals surface area contributed by atoms with Crippen molar-refractivity contribution in [2.24, 2.45) is 0 Å². The van der Waals surface area contributed by atoms with Crippen LogP contribution in [0, 0.1) is 13.8 Å². The Kier molecular flexibility index (Phi) is 6.68. The predicted octanol–water partition coefficient (Wildman–Crippen LogP) is 5.50. The number of imide groups is 1. The van der Waals surface area contributed by atoms with E-state index in [-0.39, 0.29) is 11.6 Å². The maximum atomic E-state index is 13.6. The van der Waals surface area contributed by atoms with Gasteiger partial charge in [0.05, 0.1) is 24.5 Å². The number of anilines is 2. The summed E-state index contributed by atoms with van der Waals surface area (Å²) in [6.45, 7) is 8.72.